The number of hydrogen-bond donors (Lipinski definition) is 3. The normalized spacial score (nSPS) is 17.7. The molecule has 0 bridgehead atoms. The van der Waals surface area contributed by atoms with Gasteiger partial charge < -0.3 is 16.0 Å². The van der Waals surface area contributed by atoms with E-state index >= 15 is 0 Å². The van der Waals surface area contributed by atoms with Crippen LogP contribution in [0.1, 0.15) is 31.7 Å². The van der Waals surface area contributed by atoms with Crippen LogP contribution in [0.2, 0.25) is 0 Å². The van der Waals surface area contributed by atoms with E-state index in [1.165, 1.54) is 6.33 Å². The highest BCUT2D eigenvalue weighted by Gasteiger charge is 2.23. The fraction of sp³-hybridized carbons (Fsp3) is 0.474. The molecular formula is C19H27N7O. The van der Waals surface area contributed by atoms with Gasteiger partial charge in [-0.2, -0.15) is 5.10 Å². The molecule has 0 spiro atoms. The molecule has 0 radical (unpaired) electrons. The SMILES string of the molecule is CCNC(=NCc1cccc(-c2ncn[nH]2)c1)N1CCCC(CC(N)=O)C1. The van der Waals surface area contributed by atoms with E-state index in [0.29, 0.717) is 18.9 Å². The van der Waals surface area contributed by atoms with Crippen molar-refractivity contribution in [2.45, 2.75) is 32.7 Å². The Hall–Kier alpha value is -2.90. The number of aromatic amines is 1. The first-order valence-corrected chi connectivity index (χ1v) is 9.42. The fourth-order valence-electron chi connectivity index (χ4n) is 3.46. The first kappa shape index (κ1) is 18.9. The molecule has 1 aromatic heterocycles. The minimum atomic E-state index is -0.229. The van der Waals surface area contributed by atoms with Crippen LogP contribution in [0, 0.1) is 5.92 Å². The highest BCUT2D eigenvalue weighted by Crippen LogP contribution is 2.20. The van der Waals surface area contributed by atoms with Gasteiger partial charge in [0.2, 0.25) is 5.91 Å². The largest absolute Gasteiger partial charge is 0.370 e. The number of primary amides is 1. The van der Waals surface area contributed by atoms with E-state index in [2.05, 4.69) is 44.5 Å². The lowest BCUT2D eigenvalue weighted by atomic mass is 9.95. The number of amides is 1. The van der Waals surface area contributed by atoms with Gasteiger partial charge >= 0.3 is 0 Å². The highest BCUT2D eigenvalue weighted by molar-refractivity contribution is 5.80. The van der Waals surface area contributed by atoms with Gasteiger partial charge in [-0.15, -0.1) is 0 Å². The molecule has 27 heavy (non-hydrogen) atoms. The quantitative estimate of drug-likeness (QED) is 0.528. The Balaban J connectivity index is 1.70. The van der Waals surface area contributed by atoms with E-state index in [1.807, 2.05) is 12.1 Å². The highest BCUT2D eigenvalue weighted by atomic mass is 16.1. The summed E-state index contributed by atoms with van der Waals surface area (Å²) in [4.78, 5) is 22.5. The number of hydrogen-bond acceptors (Lipinski definition) is 4. The molecule has 2 heterocycles. The van der Waals surface area contributed by atoms with E-state index in [4.69, 9.17) is 10.7 Å². The van der Waals surface area contributed by atoms with Crippen LogP contribution in [-0.4, -0.2) is 51.6 Å². The van der Waals surface area contributed by atoms with Crippen molar-refractivity contribution in [3.8, 4) is 11.4 Å². The maximum Gasteiger partial charge on any atom is 0.217 e. The van der Waals surface area contributed by atoms with Crippen LogP contribution < -0.4 is 11.1 Å². The van der Waals surface area contributed by atoms with Crippen LogP contribution in [0.15, 0.2) is 35.6 Å². The molecule has 0 saturated carbocycles. The van der Waals surface area contributed by atoms with Crippen LogP contribution >= 0.6 is 0 Å². The summed E-state index contributed by atoms with van der Waals surface area (Å²) >= 11 is 0. The Kier molecular flexibility index (Phi) is 6.40. The molecule has 4 N–H and O–H groups in total. The van der Waals surface area contributed by atoms with E-state index in [-0.39, 0.29) is 5.91 Å². The standard InChI is InChI=1S/C19H27N7O/c1-2-21-19(26-8-4-6-15(12-26)10-17(20)27)22-11-14-5-3-7-16(9-14)18-23-13-24-25-18/h3,5,7,9,13,15H,2,4,6,8,10-12H2,1H3,(H2,20,27)(H,21,22)(H,23,24,25). The monoisotopic (exact) mass is 369 g/mol. The van der Waals surface area contributed by atoms with E-state index in [9.17, 15) is 4.79 Å². The second kappa shape index (κ2) is 9.16. The molecule has 1 unspecified atom stereocenters. The molecule has 3 rings (SSSR count). The van der Waals surface area contributed by atoms with Gasteiger partial charge in [0.15, 0.2) is 11.8 Å². The Morgan fingerprint density at radius 1 is 1.48 bits per heavy atom. The number of rotatable bonds is 6. The van der Waals surface area contributed by atoms with Crippen molar-refractivity contribution >= 4 is 11.9 Å². The number of carbonyl (C=O) groups excluding carboxylic acids is 1. The van der Waals surface area contributed by atoms with Crippen molar-refractivity contribution in [2.75, 3.05) is 19.6 Å². The van der Waals surface area contributed by atoms with E-state index in [1.54, 1.807) is 0 Å². The third-order valence-electron chi connectivity index (χ3n) is 4.67. The lowest BCUT2D eigenvalue weighted by molar-refractivity contribution is -0.119. The molecule has 144 valence electrons. The summed E-state index contributed by atoms with van der Waals surface area (Å²) in [6.07, 6.45) is 4.03. The molecule has 1 fully saturated rings. The van der Waals surface area contributed by atoms with Crippen molar-refractivity contribution in [2.24, 2.45) is 16.6 Å². The van der Waals surface area contributed by atoms with E-state index in [0.717, 1.165) is 55.4 Å². The number of nitrogens with two attached hydrogens (primary N) is 1. The molecule has 2 aromatic rings. The van der Waals surface area contributed by atoms with Gasteiger partial charge in [-0.3, -0.25) is 9.89 Å². The molecule has 8 nitrogen and oxygen atoms in total. The lowest BCUT2D eigenvalue weighted by Crippen LogP contribution is -2.47. The summed E-state index contributed by atoms with van der Waals surface area (Å²) in [7, 11) is 0. The van der Waals surface area contributed by atoms with Gasteiger partial charge in [0, 0.05) is 31.6 Å². The minimum absolute atomic E-state index is 0.229. The Morgan fingerprint density at radius 2 is 2.37 bits per heavy atom. The molecule has 1 aliphatic heterocycles. The molecule has 1 saturated heterocycles. The van der Waals surface area contributed by atoms with Gasteiger partial charge in [0.05, 0.1) is 6.54 Å². The molecular weight excluding hydrogens is 342 g/mol. The number of aromatic nitrogens is 3. The summed E-state index contributed by atoms with van der Waals surface area (Å²) in [5.41, 5.74) is 7.47. The summed E-state index contributed by atoms with van der Waals surface area (Å²) in [5, 5.41) is 10.2. The smallest absolute Gasteiger partial charge is 0.217 e. The van der Waals surface area contributed by atoms with Crippen molar-refractivity contribution in [3.63, 3.8) is 0 Å². The predicted molar refractivity (Wildman–Crippen MR) is 105 cm³/mol. The number of carbonyl (C=O) groups is 1. The summed E-state index contributed by atoms with van der Waals surface area (Å²) in [5.74, 6) is 1.71. The van der Waals surface area contributed by atoms with Crippen molar-refractivity contribution < 1.29 is 4.79 Å². The predicted octanol–water partition coefficient (Wildman–Crippen LogP) is 1.52. The van der Waals surface area contributed by atoms with Crippen LogP contribution in [0.4, 0.5) is 0 Å². The Bertz CT molecular complexity index is 772. The summed E-state index contributed by atoms with van der Waals surface area (Å²) in [6.45, 7) is 5.19. The number of aliphatic imine (C=N–C) groups is 1. The van der Waals surface area contributed by atoms with Crippen molar-refractivity contribution in [1.82, 2.24) is 25.4 Å². The number of H-pyrrole nitrogens is 1. The van der Waals surface area contributed by atoms with E-state index < -0.39 is 0 Å². The maximum atomic E-state index is 11.3. The second-order valence-electron chi connectivity index (χ2n) is 6.83. The molecule has 0 aliphatic carbocycles. The topological polar surface area (TPSA) is 112 Å². The average molecular weight is 369 g/mol. The van der Waals surface area contributed by atoms with Crippen LogP contribution in [0.3, 0.4) is 0 Å². The van der Waals surface area contributed by atoms with Gasteiger partial charge in [-0.1, -0.05) is 18.2 Å². The Labute approximate surface area is 159 Å². The number of nitrogens with one attached hydrogen (secondary N) is 2. The van der Waals surface area contributed by atoms with Crippen LogP contribution in [0.5, 0.6) is 0 Å². The van der Waals surface area contributed by atoms with Crippen molar-refractivity contribution in [1.29, 1.82) is 0 Å². The third-order valence-corrected chi connectivity index (χ3v) is 4.67. The zero-order valence-corrected chi connectivity index (χ0v) is 15.7. The second-order valence-corrected chi connectivity index (χ2v) is 6.83. The first-order valence-electron chi connectivity index (χ1n) is 9.42. The molecule has 1 aromatic carbocycles. The van der Waals surface area contributed by atoms with Gasteiger partial charge in [0.25, 0.3) is 0 Å². The van der Waals surface area contributed by atoms with Gasteiger partial charge in [0.1, 0.15) is 6.33 Å². The number of benzene rings is 1. The number of guanidine groups is 1. The van der Waals surface area contributed by atoms with Crippen molar-refractivity contribution in [3.05, 3.63) is 36.2 Å². The molecule has 8 heteroatoms. The molecule has 1 amide bonds. The number of piperidine rings is 1. The lowest BCUT2D eigenvalue weighted by Gasteiger charge is -2.34. The number of nitrogens with zero attached hydrogens (tertiary/aromatic N) is 4. The molecule has 1 atom stereocenters. The van der Waals surface area contributed by atoms with Gasteiger partial charge in [-0.25, -0.2) is 9.98 Å². The summed E-state index contributed by atoms with van der Waals surface area (Å²) < 4.78 is 0. The zero-order chi connectivity index (χ0) is 19.1. The fourth-order valence-corrected chi connectivity index (χ4v) is 3.46. The number of likely N-dealkylation sites (tertiary alicyclic amines) is 1. The van der Waals surface area contributed by atoms with Gasteiger partial charge in [-0.05, 0) is 37.3 Å². The maximum absolute atomic E-state index is 11.3. The summed E-state index contributed by atoms with van der Waals surface area (Å²) in [6, 6.07) is 8.12. The van der Waals surface area contributed by atoms with Crippen LogP contribution in [-0.2, 0) is 11.3 Å². The van der Waals surface area contributed by atoms with Crippen LogP contribution in [0.25, 0.3) is 11.4 Å². The third kappa shape index (κ3) is 5.29. The Morgan fingerprint density at radius 3 is 3.11 bits per heavy atom. The zero-order valence-electron chi connectivity index (χ0n) is 15.7. The molecule has 1 aliphatic rings. The minimum Gasteiger partial charge on any atom is -0.370 e. The average Bonchev–Trinajstić information content (AvgIpc) is 3.20. The first-order chi connectivity index (χ1) is 13.2.